The van der Waals surface area contributed by atoms with Crippen molar-refractivity contribution in [2.45, 2.75) is 31.4 Å². The lowest BCUT2D eigenvalue weighted by molar-refractivity contribution is 0.0685. The van der Waals surface area contributed by atoms with Crippen LogP contribution in [-0.2, 0) is 24.1 Å². The van der Waals surface area contributed by atoms with Crippen LogP contribution in [0.4, 0.5) is 0 Å². The van der Waals surface area contributed by atoms with Crippen LogP contribution >= 0.6 is 7.60 Å². The SMILES string of the molecule is O=P(O)(O)C(O)C(Cc1ccccc1)N(Cc1ccccc1)Cc1ccccc1. The highest BCUT2D eigenvalue weighted by Crippen LogP contribution is 2.43. The van der Waals surface area contributed by atoms with E-state index in [2.05, 4.69) is 0 Å². The summed E-state index contributed by atoms with van der Waals surface area (Å²) >= 11 is 0. The summed E-state index contributed by atoms with van der Waals surface area (Å²) in [6.45, 7) is 0.925. The predicted octanol–water partition coefficient (Wildman–Crippen LogP) is 3.80. The van der Waals surface area contributed by atoms with Gasteiger partial charge in [-0.15, -0.1) is 0 Å². The number of benzene rings is 3. The summed E-state index contributed by atoms with van der Waals surface area (Å²) in [5, 5.41) is 10.6. The Morgan fingerprint density at radius 1 is 0.690 bits per heavy atom. The average molecular weight is 411 g/mol. The van der Waals surface area contributed by atoms with Crippen molar-refractivity contribution in [1.29, 1.82) is 0 Å². The quantitative estimate of drug-likeness (QED) is 0.467. The smallest absolute Gasteiger partial charge is 0.355 e. The van der Waals surface area contributed by atoms with Gasteiger partial charge < -0.3 is 14.9 Å². The van der Waals surface area contributed by atoms with E-state index in [0.717, 1.165) is 16.7 Å². The zero-order valence-corrected chi connectivity index (χ0v) is 17.0. The molecule has 3 N–H and O–H groups in total. The van der Waals surface area contributed by atoms with E-state index in [1.54, 1.807) is 0 Å². The van der Waals surface area contributed by atoms with E-state index < -0.39 is 19.5 Å². The maximum Gasteiger partial charge on any atom is 0.355 e. The van der Waals surface area contributed by atoms with E-state index >= 15 is 0 Å². The Hall–Kier alpha value is -2.27. The normalized spacial score (nSPS) is 13.9. The summed E-state index contributed by atoms with van der Waals surface area (Å²) in [5.41, 5.74) is 2.94. The van der Waals surface area contributed by atoms with Gasteiger partial charge in [0, 0.05) is 13.1 Å². The molecule has 0 radical (unpaired) electrons. The lowest BCUT2D eigenvalue weighted by Gasteiger charge is -2.35. The zero-order chi connectivity index (χ0) is 20.7. The minimum atomic E-state index is -4.70. The van der Waals surface area contributed by atoms with E-state index in [1.807, 2.05) is 95.9 Å². The van der Waals surface area contributed by atoms with Crippen molar-refractivity contribution in [2.24, 2.45) is 0 Å². The molecule has 0 heterocycles. The first-order chi connectivity index (χ1) is 13.9. The summed E-state index contributed by atoms with van der Waals surface area (Å²) in [6, 6.07) is 28.2. The van der Waals surface area contributed by atoms with Gasteiger partial charge in [-0.05, 0) is 23.1 Å². The maximum atomic E-state index is 12.0. The molecule has 0 saturated carbocycles. The molecule has 152 valence electrons. The van der Waals surface area contributed by atoms with Gasteiger partial charge in [-0.2, -0.15) is 0 Å². The summed E-state index contributed by atoms with van der Waals surface area (Å²) in [5.74, 6) is -1.78. The Bertz CT molecular complexity index is 874. The molecule has 0 spiro atoms. The molecule has 0 amide bonds. The Morgan fingerprint density at radius 2 is 1.07 bits per heavy atom. The zero-order valence-electron chi connectivity index (χ0n) is 16.1. The van der Waals surface area contributed by atoms with Crippen LogP contribution in [0, 0.1) is 0 Å². The fraction of sp³-hybridized carbons (Fsp3) is 0.217. The molecular formula is C23H26NO4P. The third-order valence-corrected chi connectivity index (χ3v) is 5.94. The van der Waals surface area contributed by atoms with Crippen molar-refractivity contribution in [3.05, 3.63) is 108 Å². The third kappa shape index (κ3) is 6.36. The summed E-state index contributed by atoms with van der Waals surface area (Å²) in [7, 11) is -4.70. The number of hydrogen-bond donors (Lipinski definition) is 3. The summed E-state index contributed by atoms with van der Waals surface area (Å²) in [6.07, 6.45) is 0.326. The Labute approximate surface area is 171 Å². The minimum absolute atomic E-state index is 0.326. The van der Waals surface area contributed by atoms with Crippen LogP contribution in [0.2, 0.25) is 0 Å². The van der Waals surface area contributed by atoms with Crippen LogP contribution in [0.5, 0.6) is 0 Å². The molecule has 0 saturated heterocycles. The summed E-state index contributed by atoms with van der Waals surface area (Å²) in [4.78, 5) is 21.4. The second kappa shape index (κ2) is 9.97. The lowest BCUT2D eigenvalue weighted by Crippen LogP contribution is -2.44. The largest absolute Gasteiger partial charge is 0.379 e. The van der Waals surface area contributed by atoms with Gasteiger partial charge in [0.25, 0.3) is 0 Å². The monoisotopic (exact) mass is 411 g/mol. The maximum absolute atomic E-state index is 12.0. The van der Waals surface area contributed by atoms with Crippen LogP contribution in [0.15, 0.2) is 91.0 Å². The van der Waals surface area contributed by atoms with Gasteiger partial charge in [-0.25, -0.2) is 0 Å². The average Bonchev–Trinajstić information content (AvgIpc) is 2.73. The minimum Gasteiger partial charge on any atom is -0.379 e. The van der Waals surface area contributed by atoms with Gasteiger partial charge in [0.05, 0.1) is 6.04 Å². The van der Waals surface area contributed by atoms with Crippen molar-refractivity contribution >= 4 is 7.60 Å². The molecule has 0 fully saturated rings. The van der Waals surface area contributed by atoms with Crippen LogP contribution in [0.3, 0.4) is 0 Å². The van der Waals surface area contributed by atoms with Crippen molar-refractivity contribution in [3.63, 3.8) is 0 Å². The first-order valence-electron chi connectivity index (χ1n) is 9.52. The predicted molar refractivity (Wildman–Crippen MR) is 114 cm³/mol. The standard InChI is InChI=1S/C23H26NO4P/c25-23(29(26,27)28)22(16-19-10-4-1-5-11-19)24(17-20-12-6-2-7-13-20)18-21-14-8-3-9-15-21/h1-15,22-23,25H,16-18H2,(H2,26,27,28). The third-order valence-electron chi connectivity index (χ3n) is 4.90. The Kier molecular flexibility index (Phi) is 7.37. The number of hydrogen-bond acceptors (Lipinski definition) is 3. The molecule has 2 atom stereocenters. The second-order valence-electron chi connectivity index (χ2n) is 7.14. The molecule has 2 unspecified atom stereocenters. The molecule has 3 aromatic rings. The first kappa shape index (κ1) is 21.4. The van der Waals surface area contributed by atoms with E-state index in [-0.39, 0.29) is 0 Å². The second-order valence-corrected chi connectivity index (χ2v) is 8.84. The van der Waals surface area contributed by atoms with Crippen LogP contribution in [-0.4, -0.2) is 31.7 Å². The van der Waals surface area contributed by atoms with Gasteiger partial charge in [0.2, 0.25) is 0 Å². The fourth-order valence-corrected chi connectivity index (χ4v) is 4.17. The molecule has 0 aliphatic rings. The number of aliphatic hydroxyl groups excluding tert-OH is 1. The molecule has 3 aromatic carbocycles. The molecule has 0 aliphatic heterocycles. The molecular weight excluding hydrogens is 385 g/mol. The van der Waals surface area contributed by atoms with Crippen molar-refractivity contribution in [1.82, 2.24) is 4.90 Å². The number of nitrogens with zero attached hydrogens (tertiary/aromatic N) is 1. The van der Waals surface area contributed by atoms with E-state index in [4.69, 9.17) is 0 Å². The Balaban J connectivity index is 1.96. The number of rotatable bonds is 9. The van der Waals surface area contributed by atoms with Crippen molar-refractivity contribution < 1.29 is 19.5 Å². The van der Waals surface area contributed by atoms with Gasteiger partial charge in [-0.3, -0.25) is 9.46 Å². The highest BCUT2D eigenvalue weighted by molar-refractivity contribution is 7.52. The van der Waals surface area contributed by atoms with Gasteiger partial charge in [0.1, 0.15) is 0 Å². The Morgan fingerprint density at radius 3 is 1.45 bits per heavy atom. The highest BCUT2D eigenvalue weighted by atomic mass is 31.2. The first-order valence-corrected chi connectivity index (χ1v) is 11.2. The van der Waals surface area contributed by atoms with Gasteiger partial charge >= 0.3 is 7.60 Å². The molecule has 0 bridgehead atoms. The fourth-order valence-electron chi connectivity index (χ4n) is 3.43. The van der Waals surface area contributed by atoms with Crippen LogP contribution in [0.25, 0.3) is 0 Å². The van der Waals surface area contributed by atoms with E-state index in [1.165, 1.54) is 0 Å². The molecule has 5 nitrogen and oxygen atoms in total. The van der Waals surface area contributed by atoms with E-state index in [9.17, 15) is 19.5 Å². The molecule has 3 rings (SSSR count). The van der Waals surface area contributed by atoms with Crippen LogP contribution < -0.4 is 0 Å². The van der Waals surface area contributed by atoms with Crippen LogP contribution in [0.1, 0.15) is 16.7 Å². The van der Waals surface area contributed by atoms with Gasteiger partial charge in [0.15, 0.2) is 5.85 Å². The van der Waals surface area contributed by atoms with Crippen molar-refractivity contribution in [2.75, 3.05) is 0 Å². The highest BCUT2D eigenvalue weighted by Gasteiger charge is 2.38. The van der Waals surface area contributed by atoms with Gasteiger partial charge in [-0.1, -0.05) is 91.0 Å². The summed E-state index contributed by atoms with van der Waals surface area (Å²) < 4.78 is 12.0. The molecule has 0 aliphatic carbocycles. The van der Waals surface area contributed by atoms with Crippen molar-refractivity contribution in [3.8, 4) is 0 Å². The lowest BCUT2D eigenvalue weighted by atomic mass is 10.0. The molecule has 6 heteroatoms. The number of aliphatic hydroxyl groups is 1. The molecule has 0 aromatic heterocycles. The molecule has 29 heavy (non-hydrogen) atoms. The topological polar surface area (TPSA) is 81.0 Å². The van der Waals surface area contributed by atoms with E-state index in [0.29, 0.717) is 19.5 Å².